The molecule has 0 spiro atoms. The Labute approximate surface area is 128 Å². The Kier molecular flexibility index (Phi) is 5.15. The zero-order valence-electron chi connectivity index (χ0n) is 11.8. The standard InChI is InChI=1S/C16H19BrN2O/c1-3-14(18)6-12-5-4-11(2)16(7-12)20-15-8-13(17)9-19-10-15/h4-5,7-10,14H,3,6,18H2,1-2H3. The summed E-state index contributed by atoms with van der Waals surface area (Å²) < 4.78 is 6.81. The van der Waals surface area contributed by atoms with E-state index in [2.05, 4.69) is 46.0 Å². The van der Waals surface area contributed by atoms with Gasteiger partial charge in [-0.25, -0.2) is 0 Å². The van der Waals surface area contributed by atoms with E-state index in [1.807, 2.05) is 13.0 Å². The molecule has 20 heavy (non-hydrogen) atoms. The minimum atomic E-state index is 0.193. The number of aromatic nitrogens is 1. The van der Waals surface area contributed by atoms with Gasteiger partial charge in [-0.2, -0.15) is 0 Å². The molecule has 0 amide bonds. The van der Waals surface area contributed by atoms with Crippen LogP contribution in [0.3, 0.4) is 0 Å². The van der Waals surface area contributed by atoms with Gasteiger partial charge in [0.1, 0.15) is 11.5 Å². The average molecular weight is 335 g/mol. The number of halogens is 1. The molecule has 0 saturated heterocycles. The van der Waals surface area contributed by atoms with Crippen LogP contribution in [-0.4, -0.2) is 11.0 Å². The van der Waals surface area contributed by atoms with Crippen molar-refractivity contribution in [3.63, 3.8) is 0 Å². The van der Waals surface area contributed by atoms with Crippen LogP contribution in [0.15, 0.2) is 41.1 Å². The smallest absolute Gasteiger partial charge is 0.146 e. The Bertz CT molecular complexity index is 586. The lowest BCUT2D eigenvalue weighted by Crippen LogP contribution is -2.21. The third-order valence-electron chi connectivity index (χ3n) is 3.18. The van der Waals surface area contributed by atoms with Crippen LogP contribution in [0.1, 0.15) is 24.5 Å². The Balaban J connectivity index is 2.20. The van der Waals surface area contributed by atoms with E-state index in [1.54, 1.807) is 12.4 Å². The second kappa shape index (κ2) is 6.86. The number of hydrogen-bond acceptors (Lipinski definition) is 3. The number of rotatable bonds is 5. The van der Waals surface area contributed by atoms with Crippen LogP contribution in [0, 0.1) is 6.92 Å². The van der Waals surface area contributed by atoms with Gasteiger partial charge in [-0.3, -0.25) is 4.98 Å². The summed E-state index contributed by atoms with van der Waals surface area (Å²) >= 11 is 3.39. The zero-order chi connectivity index (χ0) is 14.5. The van der Waals surface area contributed by atoms with E-state index >= 15 is 0 Å². The van der Waals surface area contributed by atoms with Gasteiger partial charge in [0.2, 0.25) is 0 Å². The van der Waals surface area contributed by atoms with Gasteiger partial charge in [0.05, 0.1) is 6.20 Å². The van der Waals surface area contributed by atoms with Crippen molar-refractivity contribution in [1.29, 1.82) is 0 Å². The molecule has 0 saturated carbocycles. The summed E-state index contributed by atoms with van der Waals surface area (Å²) in [5, 5.41) is 0. The molecule has 2 aromatic rings. The third-order valence-corrected chi connectivity index (χ3v) is 3.62. The highest BCUT2D eigenvalue weighted by Crippen LogP contribution is 2.27. The summed E-state index contributed by atoms with van der Waals surface area (Å²) in [6, 6.07) is 8.33. The Morgan fingerprint density at radius 1 is 1.30 bits per heavy atom. The minimum absolute atomic E-state index is 0.193. The SMILES string of the molecule is CCC(N)Cc1ccc(C)c(Oc2cncc(Br)c2)c1. The van der Waals surface area contributed by atoms with Crippen molar-refractivity contribution in [1.82, 2.24) is 4.98 Å². The van der Waals surface area contributed by atoms with Gasteiger partial charge in [0.25, 0.3) is 0 Å². The molecule has 1 atom stereocenters. The quantitative estimate of drug-likeness (QED) is 0.890. The number of nitrogens with two attached hydrogens (primary N) is 1. The van der Waals surface area contributed by atoms with Gasteiger partial charge in [-0.05, 0) is 59.0 Å². The fourth-order valence-corrected chi connectivity index (χ4v) is 2.25. The average Bonchev–Trinajstić information content (AvgIpc) is 2.42. The molecule has 0 aliphatic rings. The zero-order valence-corrected chi connectivity index (χ0v) is 13.4. The molecule has 4 heteroatoms. The van der Waals surface area contributed by atoms with Crippen LogP contribution < -0.4 is 10.5 Å². The molecule has 0 aliphatic heterocycles. The second-order valence-electron chi connectivity index (χ2n) is 4.91. The highest BCUT2D eigenvalue weighted by molar-refractivity contribution is 9.10. The molecule has 1 aromatic carbocycles. The summed E-state index contributed by atoms with van der Waals surface area (Å²) in [5.74, 6) is 1.57. The highest BCUT2D eigenvalue weighted by Gasteiger charge is 2.07. The lowest BCUT2D eigenvalue weighted by Gasteiger charge is -2.13. The first-order chi connectivity index (χ1) is 9.58. The van der Waals surface area contributed by atoms with Crippen molar-refractivity contribution in [2.45, 2.75) is 32.7 Å². The molecule has 0 bridgehead atoms. The van der Waals surface area contributed by atoms with Crippen LogP contribution in [0.5, 0.6) is 11.5 Å². The van der Waals surface area contributed by atoms with Crippen molar-refractivity contribution in [3.8, 4) is 11.5 Å². The molecular weight excluding hydrogens is 316 g/mol. The summed E-state index contributed by atoms with van der Waals surface area (Å²) in [6.45, 7) is 4.13. The van der Waals surface area contributed by atoms with E-state index in [-0.39, 0.29) is 6.04 Å². The predicted octanol–water partition coefficient (Wildman–Crippen LogP) is 4.22. The maximum Gasteiger partial charge on any atom is 0.146 e. The second-order valence-corrected chi connectivity index (χ2v) is 5.83. The first kappa shape index (κ1) is 15.0. The molecule has 0 radical (unpaired) electrons. The Morgan fingerprint density at radius 2 is 2.10 bits per heavy atom. The topological polar surface area (TPSA) is 48.1 Å². The van der Waals surface area contributed by atoms with Crippen LogP contribution in [0.25, 0.3) is 0 Å². The summed E-state index contributed by atoms with van der Waals surface area (Å²) in [5.41, 5.74) is 8.30. The van der Waals surface area contributed by atoms with E-state index in [9.17, 15) is 0 Å². The summed E-state index contributed by atoms with van der Waals surface area (Å²) in [4.78, 5) is 4.10. The molecule has 0 aliphatic carbocycles. The molecular formula is C16H19BrN2O. The van der Waals surface area contributed by atoms with Crippen molar-refractivity contribution < 1.29 is 4.74 Å². The van der Waals surface area contributed by atoms with E-state index in [1.165, 1.54) is 5.56 Å². The molecule has 106 valence electrons. The van der Waals surface area contributed by atoms with Crippen LogP contribution in [0.4, 0.5) is 0 Å². The molecule has 1 heterocycles. The molecule has 3 nitrogen and oxygen atoms in total. The number of nitrogens with zero attached hydrogens (tertiary/aromatic N) is 1. The van der Waals surface area contributed by atoms with Gasteiger partial charge in [-0.15, -0.1) is 0 Å². The molecule has 1 unspecified atom stereocenters. The maximum atomic E-state index is 6.01. The van der Waals surface area contributed by atoms with E-state index in [0.717, 1.165) is 34.4 Å². The molecule has 0 fully saturated rings. The van der Waals surface area contributed by atoms with Gasteiger partial charge in [-0.1, -0.05) is 19.1 Å². The fourth-order valence-electron chi connectivity index (χ4n) is 1.90. The Morgan fingerprint density at radius 3 is 2.80 bits per heavy atom. The number of aryl methyl sites for hydroxylation is 1. The monoisotopic (exact) mass is 334 g/mol. The van der Waals surface area contributed by atoms with Crippen LogP contribution in [-0.2, 0) is 6.42 Å². The van der Waals surface area contributed by atoms with E-state index in [0.29, 0.717) is 0 Å². The van der Waals surface area contributed by atoms with Gasteiger partial charge in [0, 0.05) is 16.7 Å². The molecule has 1 aromatic heterocycles. The Hall–Kier alpha value is -1.39. The van der Waals surface area contributed by atoms with Crippen LogP contribution >= 0.6 is 15.9 Å². The van der Waals surface area contributed by atoms with Crippen molar-refractivity contribution in [2.75, 3.05) is 0 Å². The molecule has 2 N–H and O–H groups in total. The maximum absolute atomic E-state index is 6.01. The normalized spacial score (nSPS) is 12.2. The fraction of sp³-hybridized carbons (Fsp3) is 0.312. The number of ether oxygens (including phenoxy) is 1. The highest BCUT2D eigenvalue weighted by atomic mass is 79.9. The first-order valence-corrected chi connectivity index (χ1v) is 7.51. The van der Waals surface area contributed by atoms with Gasteiger partial charge in [0.15, 0.2) is 0 Å². The number of pyridine rings is 1. The van der Waals surface area contributed by atoms with Crippen molar-refractivity contribution >= 4 is 15.9 Å². The number of hydrogen-bond donors (Lipinski definition) is 1. The summed E-state index contributed by atoms with van der Waals surface area (Å²) in [6.07, 6.45) is 5.27. The largest absolute Gasteiger partial charge is 0.455 e. The van der Waals surface area contributed by atoms with E-state index in [4.69, 9.17) is 10.5 Å². The lowest BCUT2D eigenvalue weighted by atomic mass is 10.0. The van der Waals surface area contributed by atoms with Gasteiger partial charge >= 0.3 is 0 Å². The predicted molar refractivity (Wildman–Crippen MR) is 85.2 cm³/mol. The van der Waals surface area contributed by atoms with Gasteiger partial charge < -0.3 is 10.5 Å². The first-order valence-electron chi connectivity index (χ1n) is 6.72. The third kappa shape index (κ3) is 4.05. The number of benzene rings is 1. The van der Waals surface area contributed by atoms with E-state index < -0.39 is 0 Å². The summed E-state index contributed by atoms with van der Waals surface area (Å²) in [7, 11) is 0. The lowest BCUT2D eigenvalue weighted by molar-refractivity contribution is 0.475. The minimum Gasteiger partial charge on any atom is -0.455 e. The van der Waals surface area contributed by atoms with Crippen LogP contribution in [0.2, 0.25) is 0 Å². The van der Waals surface area contributed by atoms with Crippen molar-refractivity contribution in [3.05, 3.63) is 52.3 Å². The molecule has 2 rings (SSSR count). The van der Waals surface area contributed by atoms with Crippen molar-refractivity contribution in [2.24, 2.45) is 5.73 Å².